The van der Waals surface area contributed by atoms with Gasteiger partial charge >= 0.3 is 5.97 Å². The number of halogens is 1. The summed E-state index contributed by atoms with van der Waals surface area (Å²) in [6, 6.07) is 1.23. The number of hydrogen-bond donors (Lipinski definition) is 4. The number of benzene rings is 1. The van der Waals surface area contributed by atoms with Crippen LogP contribution in [-0.2, 0) is 5.88 Å². The third-order valence-corrected chi connectivity index (χ3v) is 2.18. The summed E-state index contributed by atoms with van der Waals surface area (Å²) in [4.78, 5) is 10.7. The molecular formula is C8H10ClN3O2. The van der Waals surface area contributed by atoms with Crippen molar-refractivity contribution in [2.45, 2.75) is 5.88 Å². The van der Waals surface area contributed by atoms with Crippen LogP contribution in [-0.4, -0.2) is 11.1 Å². The van der Waals surface area contributed by atoms with Crippen molar-refractivity contribution in [2.24, 2.45) is 0 Å². The lowest BCUT2D eigenvalue weighted by Crippen LogP contribution is -2.09. The van der Waals surface area contributed by atoms with Gasteiger partial charge in [0.15, 0.2) is 0 Å². The summed E-state index contributed by atoms with van der Waals surface area (Å²) < 4.78 is 0. The fraction of sp³-hybridized carbons (Fsp3) is 0.125. The van der Waals surface area contributed by atoms with E-state index in [1.54, 1.807) is 0 Å². The number of carboxylic acids is 1. The number of nitrogens with two attached hydrogens (primary N) is 3. The summed E-state index contributed by atoms with van der Waals surface area (Å²) in [5.41, 5.74) is 17.4. The van der Waals surface area contributed by atoms with E-state index in [1.165, 1.54) is 6.07 Å². The van der Waals surface area contributed by atoms with E-state index in [1.807, 2.05) is 0 Å². The maximum Gasteiger partial charge on any atom is 0.337 e. The monoisotopic (exact) mass is 215 g/mol. The smallest absolute Gasteiger partial charge is 0.337 e. The Morgan fingerprint density at radius 2 is 1.93 bits per heavy atom. The van der Waals surface area contributed by atoms with Crippen molar-refractivity contribution >= 4 is 34.6 Å². The Labute approximate surface area is 85.4 Å². The molecule has 0 aromatic heterocycles. The predicted octanol–water partition coefficient (Wildman–Crippen LogP) is 0.870. The van der Waals surface area contributed by atoms with E-state index < -0.39 is 5.97 Å². The Balaban J connectivity index is 3.50. The molecule has 1 rings (SSSR count). The van der Waals surface area contributed by atoms with Gasteiger partial charge < -0.3 is 22.3 Å². The molecule has 6 heteroatoms. The molecule has 1 aromatic carbocycles. The average molecular weight is 216 g/mol. The SMILES string of the molecule is Nc1cc(C(=O)O)c(N)c(CCl)c1N. The number of nitrogen functional groups attached to an aromatic ring is 3. The van der Waals surface area contributed by atoms with E-state index in [9.17, 15) is 4.79 Å². The Morgan fingerprint density at radius 3 is 2.36 bits per heavy atom. The lowest BCUT2D eigenvalue weighted by atomic mass is 10.0. The first kappa shape index (κ1) is 10.5. The van der Waals surface area contributed by atoms with Gasteiger partial charge in [0.2, 0.25) is 0 Å². The zero-order valence-corrected chi connectivity index (χ0v) is 8.01. The molecule has 14 heavy (non-hydrogen) atoms. The van der Waals surface area contributed by atoms with Gasteiger partial charge in [0.25, 0.3) is 0 Å². The molecule has 0 amide bonds. The first-order chi connectivity index (χ1) is 6.49. The molecular weight excluding hydrogens is 206 g/mol. The molecule has 0 radical (unpaired) electrons. The van der Waals surface area contributed by atoms with Crippen molar-refractivity contribution in [1.29, 1.82) is 0 Å². The first-order valence-electron chi connectivity index (χ1n) is 3.74. The third-order valence-electron chi connectivity index (χ3n) is 1.92. The van der Waals surface area contributed by atoms with Crippen molar-refractivity contribution in [3.63, 3.8) is 0 Å². The van der Waals surface area contributed by atoms with Gasteiger partial charge in [0.05, 0.1) is 28.5 Å². The van der Waals surface area contributed by atoms with E-state index >= 15 is 0 Å². The summed E-state index contributed by atoms with van der Waals surface area (Å²) in [7, 11) is 0. The second-order valence-electron chi connectivity index (χ2n) is 2.76. The molecule has 76 valence electrons. The highest BCUT2D eigenvalue weighted by Gasteiger charge is 2.16. The Morgan fingerprint density at radius 1 is 1.36 bits per heavy atom. The van der Waals surface area contributed by atoms with Crippen LogP contribution in [0.1, 0.15) is 15.9 Å². The third kappa shape index (κ3) is 1.54. The second-order valence-corrected chi connectivity index (χ2v) is 3.03. The van der Waals surface area contributed by atoms with Gasteiger partial charge in [-0.25, -0.2) is 4.79 Å². The molecule has 0 aliphatic heterocycles. The van der Waals surface area contributed by atoms with Crippen LogP contribution in [0.2, 0.25) is 0 Å². The lowest BCUT2D eigenvalue weighted by molar-refractivity contribution is 0.0698. The highest BCUT2D eigenvalue weighted by atomic mass is 35.5. The van der Waals surface area contributed by atoms with Crippen molar-refractivity contribution in [3.8, 4) is 0 Å². The molecule has 0 aliphatic rings. The van der Waals surface area contributed by atoms with Crippen LogP contribution in [0.4, 0.5) is 17.1 Å². The summed E-state index contributed by atoms with van der Waals surface area (Å²) in [5.74, 6) is -1.12. The van der Waals surface area contributed by atoms with Gasteiger partial charge in [0, 0.05) is 5.56 Å². The molecule has 1 aromatic rings. The first-order valence-corrected chi connectivity index (χ1v) is 4.28. The van der Waals surface area contributed by atoms with Gasteiger partial charge in [-0.15, -0.1) is 11.6 Å². The quantitative estimate of drug-likeness (QED) is 0.432. The number of carbonyl (C=O) groups is 1. The van der Waals surface area contributed by atoms with Crippen LogP contribution in [0.3, 0.4) is 0 Å². The number of carboxylic acid groups (broad SMARTS) is 1. The normalized spacial score (nSPS) is 10.1. The van der Waals surface area contributed by atoms with Crippen LogP contribution >= 0.6 is 11.6 Å². The molecule has 7 N–H and O–H groups in total. The van der Waals surface area contributed by atoms with Crippen molar-refractivity contribution in [1.82, 2.24) is 0 Å². The minimum Gasteiger partial charge on any atom is -0.478 e. The van der Waals surface area contributed by atoms with E-state index in [0.29, 0.717) is 5.56 Å². The zero-order chi connectivity index (χ0) is 10.9. The van der Waals surface area contributed by atoms with Gasteiger partial charge in [-0.2, -0.15) is 0 Å². The molecule has 0 unspecified atom stereocenters. The van der Waals surface area contributed by atoms with Crippen molar-refractivity contribution in [2.75, 3.05) is 17.2 Å². The summed E-state index contributed by atoms with van der Waals surface area (Å²) >= 11 is 5.58. The standard InChI is InChI=1S/C8H10ClN3O2/c9-2-4-6(11)3(8(13)14)1-5(10)7(4)12/h1H,2,10-12H2,(H,13,14). The maximum atomic E-state index is 10.7. The highest BCUT2D eigenvalue weighted by molar-refractivity contribution is 6.18. The minimum absolute atomic E-state index is 0.0307. The Kier molecular flexibility index (Phi) is 2.71. The summed E-state index contributed by atoms with van der Waals surface area (Å²) in [6.07, 6.45) is 0. The van der Waals surface area contributed by atoms with Crippen LogP contribution in [0, 0.1) is 0 Å². The molecule has 5 nitrogen and oxygen atoms in total. The number of anilines is 3. The lowest BCUT2D eigenvalue weighted by Gasteiger charge is -2.11. The number of rotatable bonds is 2. The Bertz CT molecular complexity index is 393. The van der Waals surface area contributed by atoms with Crippen LogP contribution < -0.4 is 17.2 Å². The van der Waals surface area contributed by atoms with E-state index in [2.05, 4.69) is 0 Å². The number of hydrogen-bond acceptors (Lipinski definition) is 4. The van der Waals surface area contributed by atoms with E-state index in [-0.39, 0.29) is 28.5 Å². The minimum atomic E-state index is -1.15. The number of alkyl halides is 1. The molecule has 0 aliphatic carbocycles. The topological polar surface area (TPSA) is 115 Å². The van der Waals surface area contributed by atoms with Crippen molar-refractivity contribution < 1.29 is 9.90 Å². The molecule has 0 fully saturated rings. The van der Waals surface area contributed by atoms with Gasteiger partial charge in [0.1, 0.15) is 0 Å². The van der Waals surface area contributed by atoms with Crippen molar-refractivity contribution in [3.05, 3.63) is 17.2 Å². The average Bonchev–Trinajstić information content (AvgIpc) is 2.12. The Hall–Kier alpha value is -1.62. The molecule has 0 saturated heterocycles. The van der Waals surface area contributed by atoms with E-state index in [0.717, 1.165) is 0 Å². The molecule has 0 saturated carbocycles. The molecule has 0 heterocycles. The van der Waals surface area contributed by atoms with Gasteiger partial charge in [-0.3, -0.25) is 0 Å². The molecule has 0 atom stereocenters. The predicted molar refractivity (Wildman–Crippen MR) is 56.2 cm³/mol. The fourth-order valence-corrected chi connectivity index (χ4v) is 1.40. The second kappa shape index (κ2) is 3.63. The maximum absolute atomic E-state index is 10.7. The summed E-state index contributed by atoms with van der Waals surface area (Å²) in [5, 5.41) is 8.78. The number of aromatic carboxylic acids is 1. The molecule has 0 spiro atoms. The summed E-state index contributed by atoms with van der Waals surface area (Å²) in [6.45, 7) is 0. The zero-order valence-electron chi connectivity index (χ0n) is 7.25. The van der Waals surface area contributed by atoms with Crippen LogP contribution in [0.25, 0.3) is 0 Å². The highest BCUT2D eigenvalue weighted by Crippen LogP contribution is 2.30. The van der Waals surface area contributed by atoms with Crippen LogP contribution in [0.15, 0.2) is 6.07 Å². The van der Waals surface area contributed by atoms with Gasteiger partial charge in [-0.1, -0.05) is 0 Å². The largest absolute Gasteiger partial charge is 0.478 e. The van der Waals surface area contributed by atoms with Crippen LogP contribution in [0.5, 0.6) is 0 Å². The van der Waals surface area contributed by atoms with E-state index in [4.69, 9.17) is 33.9 Å². The fourth-order valence-electron chi connectivity index (χ4n) is 1.11. The van der Waals surface area contributed by atoms with Gasteiger partial charge in [-0.05, 0) is 6.07 Å². The molecule has 0 bridgehead atoms.